The summed E-state index contributed by atoms with van der Waals surface area (Å²) in [6.45, 7) is 0.827. The van der Waals surface area contributed by atoms with Gasteiger partial charge in [0.1, 0.15) is 0 Å². The summed E-state index contributed by atoms with van der Waals surface area (Å²) in [5.41, 5.74) is 0.314. The second kappa shape index (κ2) is 11.5. The number of aliphatic carboxylic acids is 1. The second-order valence-electron chi connectivity index (χ2n) is 7.97. The lowest BCUT2D eigenvalue weighted by atomic mass is 10.0. The molecule has 0 radical (unpaired) electrons. The molecule has 0 saturated carbocycles. The summed E-state index contributed by atoms with van der Waals surface area (Å²) in [6.07, 6.45) is -4.02. The highest BCUT2D eigenvalue weighted by Crippen LogP contribution is 2.37. The summed E-state index contributed by atoms with van der Waals surface area (Å²) < 4.78 is 79.4. The molecule has 1 amide bonds. The number of aliphatic hydroxyl groups excluding tert-OH is 1. The van der Waals surface area contributed by atoms with Crippen molar-refractivity contribution < 1.29 is 50.9 Å². The van der Waals surface area contributed by atoms with Crippen molar-refractivity contribution in [1.82, 2.24) is 10.6 Å². The van der Waals surface area contributed by atoms with Crippen molar-refractivity contribution in [2.45, 2.75) is 31.3 Å². The number of para-hydroxylation sites is 1. The number of fused-ring (bicyclic) bond motifs is 1. The molecule has 2 heterocycles. The van der Waals surface area contributed by atoms with Crippen LogP contribution in [-0.2, 0) is 16.1 Å². The van der Waals surface area contributed by atoms with Gasteiger partial charge in [-0.25, -0.2) is 18.0 Å². The lowest BCUT2D eigenvalue weighted by Gasteiger charge is -2.31. The number of benzene rings is 2. The molecule has 37 heavy (non-hydrogen) atoms. The van der Waals surface area contributed by atoms with Gasteiger partial charge < -0.3 is 30.5 Å². The summed E-state index contributed by atoms with van der Waals surface area (Å²) >= 11 is 0. The van der Waals surface area contributed by atoms with Crippen LogP contribution in [0.15, 0.2) is 48.4 Å². The maximum atomic E-state index is 14.4. The van der Waals surface area contributed by atoms with Crippen LogP contribution in [-0.4, -0.2) is 53.5 Å². The van der Waals surface area contributed by atoms with Crippen LogP contribution in [0.3, 0.4) is 0 Å². The topological polar surface area (TPSA) is 111 Å². The molecular weight excluding hydrogens is 512 g/mol. The van der Waals surface area contributed by atoms with E-state index in [1.807, 2.05) is 0 Å². The number of rotatable bonds is 4. The van der Waals surface area contributed by atoms with Crippen molar-refractivity contribution in [3.63, 3.8) is 0 Å². The molecule has 2 atom stereocenters. The molecule has 0 aliphatic carbocycles. The van der Waals surface area contributed by atoms with Crippen molar-refractivity contribution in [2.75, 3.05) is 18.0 Å². The largest absolute Gasteiger partial charge is 0.490 e. The van der Waals surface area contributed by atoms with Crippen LogP contribution in [0.25, 0.3) is 0 Å². The summed E-state index contributed by atoms with van der Waals surface area (Å²) in [6, 6.07) is 7.48. The van der Waals surface area contributed by atoms with Crippen molar-refractivity contribution in [1.29, 1.82) is 0 Å². The van der Waals surface area contributed by atoms with Gasteiger partial charge >= 0.3 is 12.1 Å². The highest BCUT2D eigenvalue weighted by Gasteiger charge is 2.38. The van der Waals surface area contributed by atoms with E-state index in [4.69, 9.17) is 14.6 Å². The maximum absolute atomic E-state index is 14.4. The quantitative estimate of drug-likeness (QED) is 0.448. The van der Waals surface area contributed by atoms with E-state index in [9.17, 15) is 36.2 Å². The molecule has 1 fully saturated rings. The first-order valence-corrected chi connectivity index (χ1v) is 10.8. The first kappa shape index (κ1) is 27.8. The van der Waals surface area contributed by atoms with Crippen molar-refractivity contribution in [2.24, 2.45) is 0 Å². The Balaban J connectivity index is 0.000000479. The highest BCUT2D eigenvalue weighted by molar-refractivity contribution is 5.93. The molecule has 2 unspecified atom stereocenters. The van der Waals surface area contributed by atoms with E-state index in [-0.39, 0.29) is 29.3 Å². The van der Waals surface area contributed by atoms with Crippen LogP contribution in [0.2, 0.25) is 0 Å². The van der Waals surface area contributed by atoms with Crippen molar-refractivity contribution in [3.8, 4) is 5.75 Å². The number of carboxylic acids is 1. The summed E-state index contributed by atoms with van der Waals surface area (Å²) in [7, 11) is 0. The molecule has 1 saturated heterocycles. The molecular formula is C23H21F6N3O5. The fourth-order valence-electron chi connectivity index (χ4n) is 3.51. The fourth-order valence-corrected chi connectivity index (χ4v) is 3.51. The van der Waals surface area contributed by atoms with Gasteiger partial charge in [-0.3, -0.25) is 4.79 Å². The Morgan fingerprint density at radius 1 is 1.11 bits per heavy atom. The van der Waals surface area contributed by atoms with E-state index < -0.39 is 47.7 Å². The number of hydrogen-bond acceptors (Lipinski definition) is 6. The minimum atomic E-state index is -5.08. The number of hydrogen-bond donors (Lipinski definition) is 4. The number of ether oxygens (including phenoxy) is 1. The van der Waals surface area contributed by atoms with Gasteiger partial charge in [-0.05, 0) is 31.2 Å². The number of piperidine rings is 1. The van der Waals surface area contributed by atoms with Gasteiger partial charge in [0, 0.05) is 12.1 Å². The number of carbonyl (C=O) groups excluding carboxylic acids is 1. The molecule has 14 heteroatoms. The van der Waals surface area contributed by atoms with E-state index in [2.05, 4.69) is 10.6 Å². The standard InChI is InChI=1S/C21H20F3N3O3.C2HF3O2/c22-13-4-1-3-12(19(13)24)10-27-11-18(30-20-14(23)5-2-6-16(20)27)21(29)26-15-7-8-25-9-17(15)28;3-2(4,5)1(6)7/h1-6,11,15,17,25,28H,7-10H2,(H,26,29);(H,6,7). The van der Waals surface area contributed by atoms with Gasteiger partial charge in [-0.15, -0.1) is 0 Å². The van der Waals surface area contributed by atoms with Gasteiger partial charge in [-0.2, -0.15) is 13.2 Å². The molecule has 2 aliphatic rings. The van der Waals surface area contributed by atoms with Crippen LogP contribution in [0.4, 0.5) is 32.0 Å². The smallest absolute Gasteiger partial charge is 0.475 e. The third-order valence-corrected chi connectivity index (χ3v) is 5.35. The SMILES string of the molecule is O=C(NC1CCNCC1O)C1=CN(Cc2cccc(F)c2F)c2cccc(F)c2O1.O=C(O)C(F)(F)F. The summed E-state index contributed by atoms with van der Waals surface area (Å²) in [4.78, 5) is 23.1. The molecule has 200 valence electrons. The lowest BCUT2D eigenvalue weighted by Crippen LogP contribution is -2.53. The summed E-state index contributed by atoms with van der Waals surface area (Å²) in [5, 5.41) is 22.9. The molecule has 2 aromatic carbocycles. The normalized spacial score (nSPS) is 19.0. The monoisotopic (exact) mass is 533 g/mol. The zero-order chi connectivity index (χ0) is 27.3. The zero-order valence-electron chi connectivity index (χ0n) is 18.9. The predicted octanol–water partition coefficient (Wildman–Crippen LogP) is 2.82. The molecule has 0 aromatic heterocycles. The van der Waals surface area contributed by atoms with Gasteiger partial charge in [0.15, 0.2) is 23.2 Å². The maximum Gasteiger partial charge on any atom is 0.490 e. The Kier molecular flexibility index (Phi) is 8.65. The number of carbonyl (C=O) groups is 2. The number of anilines is 1. The molecule has 4 N–H and O–H groups in total. The average molecular weight is 533 g/mol. The number of β-amino-alcohol motifs (C(OH)–C–C–N with tert-alkyl or cyclic N) is 1. The average Bonchev–Trinajstić information content (AvgIpc) is 2.83. The van der Waals surface area contributed by atoms with Crippen LogP contribution in [0.1, 0.15) is 12.0 Å². The number of aliphatic hydroxyl groups is 1. The number of nitrogens with one attached hydrogen (secondary N) is 2. The first-order chi connectivity index (χ1) is 17.4. The molecule has 2 aliphatic heterocycles. The zero-order valence-corrected chi connectivity index (χ0v) is 18.9. The van der Waals surface area contributed by atoms with Gasteiger partial charge in [0.25, 0.3) is 5.91 Å². The number of carboxylic acid groups (broad SMARTS) is 1. The van der Waals surface area contributed by atoms with Crippen LogP contribution < -0.4 is 20.3 Å². The summed E-state index contributed by atoms with van der Waals surface area (Å²) in [5.74, 6) is -6.51. The van der Waals surface area contributed by atoms with Crippen molar-refractivity contribution >= 4 is 17.6 Å². The number of halogens is 6. The van der Waals surface area contributed by atoms with E-state index in [0.29, 0.717) is 19.5 Å². The first-order valence-electron chi connectivity index (χ1n) is 10.8. The third kappa shape index (κ3) is 6.92. The highest BCUT2D eigenvalue weighted by atomic mass is 19.4. The molecule has 8 nitrogen and oxygen atoms in total. The van der Waals surface area contributed by atoms with E-state index in [0.717, 1.165) is 6.07 Å². The Labute approximate surface area is 206 Å². The van der Waals surface area contributed by atoms with E-state index in [1.165, 1.54) is 35.4 Å². The van der Waals surface area contributed by atoms with Crippen LogP contribution >= 0.6 is 0 Å². The number of alkyl halides is 3. The number of nitrogens with zero attached hydrogens (tertiary/aromatic N) is 1. The fraction of sp³-hybridized carbons (Fsp3) is 0.304. The van der Waals surface area contributed by atoms with Crippen LogP contribution in [0, 0.1) is 17.5 Å². The van der Waals surface area contributed by atoms with E-state index in [1.54, 1.807) is 6.07 Å². The van der Waals surface area contributed by atoms with Crippen LogP contribution in [0.5, 0.6) is 5.75 Å². The predicted molar refractivity (Wildman–Crippen MR) is 117 cm³/mol. The minimum absolute atomic E-state index is 0.0388. The second-order valence-corrected chi connectivity index (χ2v) is 7.97. The van der Waals surface area contributed by atoms with E-state index >= 15 is 0 Å². The Morgan fingerprint density at radius 3 is 2.41 bits per heavy atom. The Morgan fingerprint density at radius 2 is 1.76 bits per heavy atom. The lowest BCUT2D eigenvalue weighted by molar-refractivity contribution is -0.192. The van der Waals surface area contributed by atoms with Gasteiger partial charge in [0.05, 0.1) is 30.6 Å². The molecule has 0 spiro atoms. The number of amides is 1. The van der Waals surface area contributed by atoms with Gasteiger partial charge in [-0.1, -0.05) is 18.2 Å². The Bertz CT molecular complexity index is 1190. The molecule has 4 rings (SSSR count). The Hall–Kier alpha value is -3.78. The molecule has 2 aromatic rings. The third-order valence-electron chi connectivity index (χ3n) is 5.35. The molecule has 0 bridgehead atoms. The minimum Gasteiger partial charge on any atom is -0.475 e. The van der Waals surface area contributed by atoms with Crippen molar-refractivity contribution in [3.05, 3.63) is 71.4 Å². The van der Waals surface area contributed by atoms with Gasteiger partial charge in [0.2, 0.25) is 5.76 Å².